The summed E-state index contributed by atoms with van der Waals surface area (Å²) < 4.78 is 26.4. The van der Waals surface area contributed by atoms with Crippen LogP contribution in [0.25, 0.3) is 6.08 Å². The van der Waals surface area contributed by atoms with Gasteiger partial charge < -0.3 is 5.73 Å². The highest BCUT2D eigenvalue weighted by Crippen LogP contribution is 2.19. The maximum Gasteiger partial charge on any atom is 0.257 e. The zero-order valence-electron chi connectivity index (χ0n) is 12.5. The first-order valence-electron chi connectivity index (χ1n) is 7.08. The van der Waals surface area contributed by atoms with Crippen LogP contribution in [0.3, 0.4) is 0 Å². The Morgan fingerprint density at radius 3 is 2.13 bits per heavy atom. The number of benzene rings is 2. The highest BCUT2D eigenvalue weighted by atomic mass is 32.2. The average molecular weight is 330 g/mol. The van der Waals surface area contributed by atoms with Crippen LogP contribution in [0, 0.1) is 0 Å². The van der Waals surface area contributed by atoms with Gasteiger partial charge in [0, 0.05) is 13.0 Å². The lowest BCUT2D eigenvalue weighted by Gasteiger charge is -2.22. The molecule has 2 aromatic rings. The van der Waals surface area contributed by atoms with E-state index in [4.69, 9.17) is 5.73 Å². The van der Waals surface area contributed by atoms with Gasteiger partial charge in [-0.1, -0.05) is 48.5 Å². The number of para-hydroxylation sites is 1. The van der Waals surface area contributed by atoms with Gasteiger partial charge in [-0.3, -0.25) is 9.10 Å². The van der Waals surface area contributed by atoms with E-state index < -0.39 is 15.9 Å². The van der Waals surface area contributed by atoms with Gasteiger partial charge in [0.2, 0.25) is 5.91 Å². The molecule has 2 rings (SSSR count). The Hall–Kier alpha value is -2.60. The van der Waals surface area contributed by atoms with E-state index in [9.17, 15) is 13.2 Å². The summed E-state index contributed by atoms with van der Waals surface area (Å²) in [6, 6.07) is 17.8. The Labute approximate surface area is 136 Å². The predicted octanol–water partition coefficient (Wildman–Crippen LogP) is 2.37. The minimum Gasteiger partial charge on any atom is -0.370 e. The van der Waals surface area contributed by atoms with Crippen LogP contribution < -0.4 is 10.0 Å². The molecule has 0 aliphatic rings. The number of amides is 1. The summed E-state index contributed by atoms with van der Waals surface area (Å²) in [5.74, 6) is -0.548. The molecule has 2 N–H and O–H groups in total. The number of sulfonamides is 1. The van der Waals surface area contributed by atoms with Gasteiger partial charge in [-0.2, -0.15) is 0 Å². The highest BCUT2D eigenvalue weighted by Gasteiger charge is 2.20. The molecule has 0 fully saturated rings. The Balaban J connectivity index is 2.29. The van der Waals surface area contributed by atoms with E-state index >= 15 is 0 Å². The molecule has 0 aromatic heterocycles. The number of carbonyl (C=O) groups excluding carboxylic acids is 1. The third kappa shape index (κ3) is 4.96. The summed E-state index contributed by atoms with van der Waals surface area (Å²) in [5.41, 5.74) is 6.42. The van der Waals surface area contributed by atoms with E-state index in [1.807, 2.05) is 30.3 Å². The second-order valence-corrected chi connectivity index (χ2v) is 6.63. The number of primary amides is 1. The first-order valence-corrected chi connectivity index (χ1v) is 8.58. The summed E-state index contributed by atoms with van der Waals surface area (Å²) in [5, 5.41) is 1.14. The summed E-state index contributed by atoms with van der Waals surface area (Å²) in [6.45, 7) is 0.000803. The minimum atomic E-state index is -3.72. The Morgan fingerprint density at radius 2 is 1.57 bits per heavy atom. The molecule has 5 nitrogen and oxygen atoms in total. The first-order chi connectivity index (χ1) is 11.0. The fraction of sp³-hybridized carbons (Fsp3) is 0.118. The van der Waals surface area contributed by atoms with Gasteiger partial charge in [0.15, 0.2) is 0 Å². The third-order valence-electron chi connectivity index (χ3n) is 3.14. The smallest absolute Gasteiger partial charge is 0.257 e. The number of anilines is 1. The zero-order valence-corrected chi connectivity index (χ0v) is 13.3. The Bertz CT molecular complexity index is 772. The topological polar surface area (TPSA) is 80.5 Å². The number of hydrogen-bond acceptors (Lipinski definition) is 3. The van der Waals surface area contributed by atoms with Crippen LogP contribution in [0.4, 0.5) is 5.69 Å². The molecule has 0 saturated heterocycles. The normalized spacial score (nSPS) is 11.5. The van der Waals surface area contributed by atoms with Crippen LogP contribution in [-0.2, 0) is 14.8 Å². The van der Waals surface area contributed by atoms with Gasteiger partial charge in [0.05, 0.1) is 11.1 Å². The van der Waals surface area contributed by atoms with Gasteiger partial charge in [-0.25, -0.2) is 8.42 Å². The molecular weight excluding hydrogens is 312 g/mol. The summed E-state index contributed by atoms with van der Waals surface area (Å²) in [6.07, 6.45) is 1.48. The molecule has 0 bridgehead atoms. The van der Waals surface area contributed by atoms with Gasteiger partial charge in [-0.15, -0.1) is 0 Å². The molecule has 2 aromatic carbocycles. The minimum absolute atomic E-state index is 0.000803. The number of nitrogens with two attached hydrogens (primary N) is 1. The number of rotatable bonds is 7. The molecule has 0 aliphatic heterocycles. The molecule has 0 saturated carbocycles. The van der Waals surface area contributed by atoms with Crippen molar-refractivity contribution in [2.45, 2.75) is 6.42 Å². The van der Waals surface area contributed by atoms with Crippen molar-refractivity contribution < 1.29 is 13.2 Å². The van der Waals surface area contributed by atoms with Crippen LogP contribution in [-0.4, -0.2) is 20.9 Å². The van der Waals surface area contributed by atoms with E-state index in [0.29, 0.717) is 5.69 Å². The SMILES string of the molecule is NC(=O)CCN(c1ccccc1)S(=O)(=O)C=Cc1ccccc1. The Kier molecular flexibility index (Phi) is 5.54. The zero-order chi connectivity index (χ0) is 16.7. The van der Waals surface area contributed by atoms with Crippen LogP contribution in [0.1, 0.15) is 12.0 Å². The standard InChI is InChI=1S/C17H18N2O3S/c18-17(20)11-13-19(16-9-5-2-6-10-16)23(21,22)14-12-15-7-3-1-4-8-15/h1-10,12,14H,11,13H2,(H2,18,20). The molecule has 0 spiro atoms. The second-order valence-electron chi connectivity index (χ2n) is 4.88. The highest BCUT2D eigenvalue weighted by molar-refractivity contribution is 7.95. The number of nitrogens with zero attached hydrogens (tertiary/aromatic N) is 1. The first kappa shape index (κ1) is 16.8. The van der Waals surface area contributed by atoms with Crippen molar-refractivity contribution in [3.8, 4) is 0 Å². The lowest BCUT2D eigenvalue weighted by atomic mass is 10.2. The lowest BCUT2D eigenvalue weighted by Crippen LogP contribution is -2.32. The van der Waals surface area contributed by atoms with Crippen molar-refractivity contribution in [1.29, 1.82) is 0 Å². The monoisotopic (exact) mass is 330 g/mol. The third-order valence-corrected chi connectivity index (χ3v) is 4.63. The molecule has 0 radical (unpaired) electrons. The van der Waals surface area contributed by atoms with Crippen LogP contribution >= 0.6 is 0 Å². The molecule has 1 amide bonds. The van der Waals surface area contributed by atoms with Crippen LogP contribution in [0.2, 0.25) is 0 Å². The summed E-state index contributed by atoms with van der Waals surface area (Å²) in [4.78, 5) is 11.0. The number of hydrogen-bond donors (Lipinski definition) is 1. The van der Waals surface area contributed by atoms with Gasteiger partial charge in [0.25, 0.3) is 10.0 Å². The molecule has 23 heavy (non-hydrogen) atoms. The van der Waals surface area contributed by atoms with Crippen molar-refractivity contribution in [2.24, 2.45) is 5.73 Å². The van der Waals surface area contributed by atoms with Gasteiger partial charge >= 0.3 is 0 Å². The average Bonchev–Trinajstić information content (AvgIpc) is 2.55. The molecule has 0 atom stereocenters. The van der Waals surface area contributed by atoms with E-state index in [1.54, 1.807) is 30.3 Å². The van der Waals surface area contributed by atoms with Crippen molar-refractivity contribution in [2.75, 3.05) is 10.8 Å². The summed E-state index contributed by atoms with van der Waals surface area (Å²) in [7, 11) is -3.72. The summed E-state index contributed by atoms with van der Waals surface area (Å²) >= 11 is 0. The largest absolute Gasteiger partial charge is 0.370 e. The second kappa shape index (κ2) is 7.60. The van der Waals surface area contributed by atoms with Crippen molar-refractivity contribution in [3.63, 3.8) is 0 Å². The van der Waals surface area contributed by atoms with Crippen molar-refractivity contribution >= 4 is 27.7 Å². The van der Waals surface area contributed by atoms with E-state index in [0.717, 1.165) is 11.0 Å². The predicted molar refractivity (Wildman–Crippen MR) is 92.0 cm³/mol. The molecule has 0 aliphatic carbocycles. The van der Waals surface area contributed by atoms with Crippen LogP contribution in [0.5, 0.6) is 0 Å². The lowest BCUT2D eigenvalue weighted by molar-refractivity contribution is -0.117. The van der Waals surface area contributed by atoms with E-state index in [1.165, 1.54) is 10.4 Å². The fourth-order valence-corrected chi connectivity index (χ4v) is 3.25. The fourth-order valence-electron chi connectivity index (χ4n) is 2.01. The van der Waals surface area contributed by atoms with E-state index in [-0.39, 0.29) is 13.0 Å². The molecular formula is C17H18N2O3S. The Morgan fingerprint density at radius 1 is 1.00 bits per heavy atom. The molecule has 0 heterocycles. The maximum absolute atomic E-state index is 12.6. The maximum atomic E-state index is 12.6. The molecule has 0 unspecified atom stereocenters. The molecule has 120 valence electrons. The van der Waals surface area contributed by atoms with Gasteiger partial charge in [-0.05, 0) is 23.8 Å². The van der Waals surface area contributed by atoms with Gasteiger partial charge in [0.1, 0.15) is 0 Å². The van der Waals surface area contributed by atoms with Crippen molar-refractivity contribution in [3.05, 3.63) is 71.6 Å². The number of carbonyl (C=O) groups is 1. The van der Waals surface area contributed by atoms with E-state index in [2.05, 4.69) is 0 Å². The van der Waals surface area contributed by atoms with Crippen LogP contribution in [0.15, 0.2) is 66.1 Å². The van der Waals surface area contributed by atoms with Crippen molar-refractivity contribution in [1.82, 2.24) is 0 Å². The quantitative estimate of drug-likeness (QED) is 0.846. The molecule has 6 heteroatoms.